The molecule has 28 heavy (non-hydrogen) atoms. The van der Waals surface area contributed by atoms with Crippen molar-refractivity contribution in [3.8, 4) is 0 Å². The van der Waals surface area contributed by atoms with E-state index in [4.69, 9.17) is 14.6 Å². The van der Waals surface area contributed by atoms with Gasteiger partial charge in [0.2, 0.25) is 5.78 Å². The van der Waals surface area contributed by atoms with E-state index < -0.39 is 35.8 Å². The van der Waals surface area contributed by atoms with Crippen molar-refractivity contribution in [1.29, 1.82) is 0 Å². The van der Waals surface area contributed by atoms with Crippen molar-refractivity contribution in [1.82, 2.24) is 0 Å². The average Bonchev–Trinajstić information content (AvgIpc) is 3.10. The van der Waals surface area contributed by atoms with Crippen LogP contribution < -0.4 is 0 Å². The highest BCUT2D eigenvalue weighted by Crippen LogP contribution is 2.35. The number of cyclic esters (lactones) is 1. The third-order valence-electron chi connectivity index (χ3n) is 4.98. The Bertz CT molecular complexity index is 704. The molecule has 2 aliphatic heterocycles. The Balaban J connectivity index is 1.79. The first-order valence-electron chi connectivity index (χ1n) is 9.81. The number of hydrogen-bond acceptors (Lipinski definition) is 6. The summed E-state index contributed by atoms with van der Waals surface area (Å²) in [5, 5.41) is 8.81. The first-order chi connectivity index (χ1) is 13.2. The van der Waals surface area contributed by atoms with E-state index in [9.17, 15) is 19.2 Å². The van der Waals surface area contributed by atoms with E-state index in [-0.39, 0.29) is 17.1 Å². The minimum atomic E-state index is -1.28. The Morgan fingerprint density at radius 3 is 2.39 bits per heavy atom. The molecule has 2 rings (SSSR count). The SMILES string of the molecule is CC(=O)CCCCCCCC[C@]1(C)C=C/C(=C2\C(=O)O[C@@H](CC(=O)O)C2=O)O1. The summed E-state index contributed by atoms with van der Waals surface area (Å²) in [6.07, 6.45) is 9.18. The molecule has 154 valence electrons. The van der Waals surface area contributed by atoms with Crippen molar-refractivity contribution >= 4 is 23.5 Å². The van der Waals surface area contributed by atoms with Crippen molar-refractivity contribution < 1.29 is 33.8 Å². The number of unbranched alkanes of at least 4 members (excludes halogenated alkanes) is 5. The number of esters is 1. The van der Waals surface area contributed by atoms with Crippen molar-refractivity contribution in [3.05, 3.63) is 23.5 Å². The minimum absolute atomic E-state index is 0.162. The molecular formula is C21H28O7. The van der Waals surface area contributed by atoms with E-state index in [0.717, 1.165) is 44.9 Å². The number of carboxylic acids is 1. The molecule has 0 aliphatic carbocycles. The van der Waals surface area contributed by atoms with Crippen LogP contribution in [0.3, 0.4) is 0 Å². The van der Waals surface area contributed by atoms with Crippen LogP contribution in [-0.2, 0) is 28.7 Å². The zero-order valence-electron chi connectivity index (χ0n) is 16.5. The highest BCUT2D eigenvalue weighted by atomic mass is 16.6. The van der Waals surface area contributed by atoms with E-state index in [1.165, 1.54) is 0 Å². The first-order valence-corrected chi connectivity index (χ1v) is 9.81. The lowest BCUT2D eigenvalue weighted by atomic mass is 9.98. The maximum atomic E-state index is 12.3. The smallest absolute Gasteiger partial charge is 0.346 e. The molecule has 0 unspecified atom stereocenters. The fraction of sp³-hybridized carbons (Fsp3) is 0.619. The summed E-state index contributed by atoms with van der Waals surface area (Å²) in [6.45, 7) is 3.51. The van der Waals surface area contributed by atoms with Gasteiger partial charge in [0.05, 0.1) is 6.42 Å². The fourth-order valence-corrected chi connectivity index (χ4v) is 3.42. The second-order valence-corrected chi connectivity index (χ2v) is 7.67. The average molecular weight is 392 g/mol. The lowest BCUT2D eigenvalue weighted by Gasteiger charge is -2.23. The van der Waals surface area contributed by atoms with Crippen LogP contribution >= 0.6 is 0 Å². The summed E-state index contributed by atoms with van der Waals surface area (Å²) in [5.41, 5.74) is -0.792. The number of carbonyl (C=O) groups is 4. The molecule has 0 aromatic carbocycles. The highest BCUT2D eigenvalue weighted by Gasteiger charge is 2.44. The van der Waals surface area contributed by atoms with Crippen LogP contribution in [0.5, 0.6) is 0 Å². The predicted molar refractivity (Wildman–Crippen MR) is 100 cm³/mol. The number of rotatable bonds is 11. The summed E-state index contributed by atoms with van der Waals surface area (Å²) < 4.78 is 10.7. The Labute approximate surface area is 164 Å². The van der Waals surface area contributed by atoms with Gasteiger partial charge in [-0.3, -0.25) is 9.59 Å². The first kappa shape index (κ1) is 21.9. The quantitative estimate of drug-likeness (QED) is 0.249. The molecule has 7 nitrogen and oxygen atoms in total. The second kappa shape index (κ2) is 9.66. The fourth-order valence-electron chi connectivity index (χ4n) is 3.42. The maximum absolute atomic E-state index is 12.3. The molecule has 0 aromatic rings. The van der Waals surface area contributed by atoms with Gasteiger partial charge in [-0.25, -0.2) is 4.79 Å². The van der Waals surface area contributed by atoms with Crippen molar-refractivity contribution in [2.75, 3.05) is 0 Å². The molecule has 0 spiro atoms. The van der Waals surface area contributed by atoms with Crippen molar-refractivity contribution in [3.63, 3.8) is 0 Å². The second-order valence-electron chi connectivity index (χ2n) is 7.67. The van der Waals surface area contributed by atoms with Gasteiger partial charge >= 0.3 is 11.9 Å². The molecule has 2 atom stereocenters. The van der Waals surface area contributed by atoms with Gasteiger partial charge in [-0.2, -0.15) is 0 Å². The zero-order chi connectivity index (χ0) is 20.7. The molecule has 2 aliphatic rings. The Morgan fingerprint density at radius 2 is 1.75 bits per heavy atom. The monoisotopic (exact) mass is 392 g/mol. The molecule has 1 fully saturated rings. The van der Waals surface area contributed by atoms with Gasteiger partial charge in [-0.1, -0.05) is 25.7 Å². The molecular weight excluding hydrogens is 364 g/mol. The Hall–Kier alpha value is -2.44. The molecule has 0 amide bonds. The van der Waals surface area contributed by atoms with Gasteiger partial charge in [0.25, 0.3) is 0 Å². The van der Waals surface area contributed by atoms with Crippen LogP contribution in [0.25, 0.3) is 0 Å². The van der Waals surface area contributed by atoms with Gasteiger partial charge in [-0.15, -0.1) is 0 Å². The van der Waals surface area contributed by atoms with E-state index >= 15 is 0 Å². The number of Topliss-reactive ketones (excluding diaryl/α,β-unsaturated/α-hetero) is 2. The summed E-state index contributed by atoms with van der Waals surface area (Å²) in [4.78, 5) is 45.9. The molecule has 0 saturated carbocycles. The minimum Gasteiger partial charge on any atom is -0.482 e. The van der Waals surface area contributed by atoms with Crippen molar-refractivity contribution in [2.45, 2.75) is 83.3 Å². The van der Waals surface area contributed by atoms with Crippen LogP contribution in [0.15, 0.2) is 23.5 Å². The number of ether oxygens (including phenoxy) is 2. The lowest BCUT2D eigenvalue weighted by Crippen LogP contribution is -2.23. The number of ketones is 2. The molecule has 0 bridgehead atoms. The summed E-state index contributed by atoms with van der Waals surface area (Å²) in [7, 11) is 0. The van der Waals surface area contributed by atoms with Gasteiger partial charge in [0.1, 0.15) is 22.7 Å². The van der Waals surface area contributed by atoms with Crippen molar-refractivity contribution in [2.24, 2.45) is 0 Å². The van der Waals surface area contributed by atoms with Crippen LogP contribution in [0.4, 0.5) is 0 Å². The topological polar surface area (TPSA) is 107 Å². The van der Waals surface area contributed by atoms with Crippen LogP contribution in [-0.4, -0.2) is 40.3 Å². The van der Waals surface area contributed by atoms with E-state index in [2.05, 4.69) is 0 Å². The zero-order valence-corrected chi connectivity index (χ0v) is 16.5. The number of carboxylic acid groups (broad SMARTS) is 1. The third-order valence-corrected chi connectivity index (χ3v) is 4.98. The van der Waals surface area contributed by atoms with Gasteiger partial charge in [-0.05, 0) is 45.3 Å². The van der Waals surface area contributed by atoms with Crippen LogP contribution in [0, 0.1) is 0 Å². The van der Waals surface area contributed by atoms with E-state index in [1.807, 2.05) is 13.0 Å². The molecule has 0 radical (unpaired) electrons. The standard InChI is InChI=1S/C21H28O7/c1-14(22)9-7-5-3-4-6-8-11-21(2)12-10-15(28-21)18-19(25)16(13-17(23)24)27-20(18)26/h10,12,16H,3-9,11,13H2,1-2H3,(H,23,24)/b18-15+/t16-,21+/m0/s1. The Morgan fingerprint density at radius 1 is 1.11 bits per heavy atom. The molecule has 2 heterocycles. The number of carbonyl (C=O) groups excluding carboxylic acids is 3. The number of allylic oxidation sites excluding steroid dienone is 1. The summed E-state index contributed by atoms with van der Waals surface area (Å²) in [6, 6.07) is 0. The largest absolute Gasteiger partial charge is 0.482 e. The Kier molecular flexibility index (Phi) is 7.54. The van der Waals surface area contributed by atoms with Gasteiger partial charge in [0, 0.05) is 6.42 Å². The van der Waals surface area contributed by atoms with Crippen LogP contribution in [0.2, 0.25) is 0 Å². The van der Waals surface area contributed by atoms with E-state index in [0.29, 0.717) is 6.42 Å². The third kappa shape index (κ3) is 6.04. The van der Waals surface area contributed by atoms with E-state index in [1.54, 1.807) is 13.0 Å². The highest BCUT2D eigenvalue weighted by molar-refractivity contribution is 6.24. The number of aliphatic carboxylic acids is 1. The van der Waals surface area contributed by atoms with Gasteiger partial charge in [0.15, 0.2) is 6.10 Å². The maximum Gasteiger partial charge on any atom is 0.346 e. The molecule has 1 saturated heterocycles. The van der Waals surface area contributed by atoms with Gasteiger partial charge < -0.3 is 19.4 Å². The summed E-state index contributed by atoms with van der Waals surface area (Å²) >= 11 is 0. The molecule has 0 aromatic heterocycles. The lowest BCUT2D eigenvalue weighted by molar-refractivity contribution is -0.147. The molecule has 7 heteroatoms. The summed E-state index contributed by atoms with van der Waals surface area (Å²) in [5.74, 6) is -2.27. The predicted octanol–water partition coefficient (Wildman–Crippen LogP) is 3.26. The molecule has 1 N–H and O–H groups in total. The van der Waals surface area contributed by atoms with Crippen LogP contribution in [0.1, 0.15) is 71.6 Å². The normalized spacial score (nSPS) is 26.4. The number of hydrogen-bond donors (Lipinski definition) is 1.